The van der Waals surface area contributed by atoms with Crippen molar-refractivity contribution >= 4 is 11.7 Å². The SMILES string of the molecule is CCc1ncnc(-c2ccc(C(=O)N3CCCCO3)cc2)c1-c1ccc(N)nc1. The number of nitrogens with two attached hydrogens (primary N) is 1. The van der Waals surface area contributed by atoms with Crippen LogP contribution >= 0.6 is 0 Å². The highest BCUT2D eigenvalue weighted by Crippen LogP contribution is 2.32. The first-order valence-electron chi connectivity index (χ1n) is 9.78. The molecule has 0 saturated carbocycles. The van der Waals surface area contributed by atoms with E-state index in [9.17, 15) is 4.79 Å². The highest BCUT2D eigenvalue weighted by Gasteiger charge is 2.20. The molecular formula is C22H23N5O2. The normalized spacial score (nSPS) is 14.0. The second-order valence-corrected chi connectivity index (χ2v) is 6.89. The summed E-state index contributed by atoms with van der Waals surface area (Å²) in [4.78, 5) is 31.3. The number of aromatic nitrogens is 3. The second-order valence-electron chi connectivity index (χ2n) is 6.89. The van der Waals surface area contributed by atoms with Gasteiger partial charge in [-0.15, -0.1) is 0 Å². The van der Waals surface area contributed by atoms with Crippen molar-refractivity contribution in [3.05, 3.63) is 60.2 Å². The van der Waals surface area contributed by atoms with Gasteiger partial charge in [0.1, 0.15) is 12.1 Å². The van der Waals surface area contributed by atoms with E-state index in [1.807, 2.05) is 30.3 Å². The van der Waals surface area contributed by atoms with Gasteiger partial charge >= 0.3 is 0 Å². The van der Waals surface area contributed by atoms with Gasteiger partial charge in [0.25, 0.3) is 5.91 Å². The van der Waals surface area contributed by atoms with E-state index in [0.29, 0.717) is 24.5 Å². The molecule has 7 nitrogen and oxygen atoms in total. The van der Waals surface area contributed by atoms with E-state index in [1.54, 1.807) is 18.6 Å². The van der Waals surface area contributed by atoms with Crippen molar-refractivity contribution in [3.8, 4) is 22.4 Å². The fourth-order valence-corrected chi connectivity index (χ4v) is 3.44. The summed E-state index contributed by atoms with van der Waals surface area (Å²) in [5.41, 5.74) is 10.8. The standard InChI is InChI=1S/C22H23N5O2/c1-2-18-20(17-9-10-19(23)24-13-17)21(26-14-25-18)15-5-7-16(8-6-15)22(28)27-11-3-4-12-29-27/h5-10,13-14H,2-4,11-12H2,1H3,(H2,23,24). The van der Waals surface area contributed by atoms with Crippen LogP contribution in [0.4, 0.5) is 5.82 Å². The van der Waals surface area contributed by atoms with Crippen LogP contribution in [0.25, 0.3) is 22.4 Å². The Morgan fingerprint density at radius 2 is 1.86 bits per heavy atom. The zero-order valence-electron chi connectivity index (χ0n) is 16.3. The minimum absolute atomic E-state index is 0.115. The number of carbonyl (C=O) groups excluding carboxylic acids is 1. The number of pyridine rings is 1. The van der Waals surface area contributed by atoms with Crippen LogP contribution in [-0.2, 0) is 11.3 Å². The number of nitrogen functional groups attached to an aromatic ring is 1. The third-order valence-electron chi connectivity index (χ3n) is 4.97. The zero-order chi connectivity index (χ0) is 20.2. The number of benzene rings is 1. The molecule has 1 aliphatic heterocycles. The summed E-state index contributed by atoms with van der Waals surface area (Å²) in [6.45, 7) is 3.27. The van der Waals surface area contributed by atoms with Crippen molar-refractivity contribution in [2.24, 2.45) is 0 Å². The first-order valence-corrected chi connectivity index (χ1v) is 9.78. The lowest BCUT2D eigenvalue weighted by Gasteiger charge is -2.25. The lowest BCUT2D eigenvalue weighted by Crippen LogP contribution is -2.35. The van der Waals surface area contributed by atoms with E-state index in [2.05, 4.69) is 21.9 Å². The summed E-state index contributed by atoms with van der Waals surface area (Å²) >= 11 is 0. The highest BCUT2D eigenvalue weighted by molar-refractivity contribution is 5.94. The second kappa shape index (κ2) is 8.36. The maximum absolute atomic E-state index is 12.6. The third kappa shape index (κ3) is 3.95. The molecule has 1 aromatic carbocycles. The summed E-state index contributed by atoms with van der Waals surface area (Å²) in [5, 5.41) is 1.45. The molecule has 2 aromatic heterocycles. The van der Waals surface area contributed by atoms with Crippen LogP contribution in [0, 0.1) is 0 Å². The van der Waals surface area contributed by atoms with Crippen LogP contribution in [0.2, 0.25) is 0 Å². The summed E-state index contributed by atoms with van der Waals surface area (Å²) in [5.74, 6) is 0.351. The number of amides is 1. The van der Waals surface area contributed by atoms with Gasteiger partial charge in [-0.25, -0.2) is 20.0 Å². The predicted octanol–water partition coefficient (Wildman–Crippen LogP) is 3.52. The van der Waals surface area contributed by atoms with E-state index in [1.165, 1.54) is 5.06 Å². The summed E-state index contributed by atoms with van der Waals surface area (Å²) in [7, 11) is 0. The van der Waals surface area contributed by atoms with Crippen molar-refractivity contribution < 1.29 is 9.63 Å². The number of carbonyl (C=O) groups is 1. The van der Waals surface area contributed by atoms with Crippen LogP contribution in [0.15, 0.2) is 48.9 Å². The Morgan fingerprint density at radius 3 is 2.52 bits per heavy atom. The molecule has 0 atom stereocenters. The molecule has 1 fully saturated rings. The van der Waals surface area contributed by atoms with Gasteiger partial charge in [-0.05, 0) is 43.5 Å². The molecule has 1 amide bonds. The average molecular weight is 389 g/mol. The molecule has 148 valence electrons. The molecule has 0 unspecified atom stereocenters. The monoisotopic (exact) mass is 389 g/mol. The lowest BCUT2D eigenvalue weighted by atomic mass is 9.97. The Labute approximate surface area is 169 Å². The smallest absolute Gasteiger partial charge is 0.277 e. The fraction of sp³-hybridized carbons (Fsp3) is 0.273. The maximum Gasteiger partial charge on any atom is 0.277 e. The third-order valence-corrected chi connectivity index (χ3v) is 4.97. The van der Waals surface area contributed by atoms with Gasteiger partial charge in [0.15, 0.2) is 0 Å². The average Bonchev–Trinajstić information content (AvgIpc) is 2.79. The minimum Gasteiger partial charge on any atom is -0.384 e. The number of hydroxylamine groups is 2. The van der Waals surface area contributed by atoms with Crippen molar-refractivity contribution in [1.82, 2.24) is 20.0 Å². The number of anilines is 1. The molecule has 3 aromatic rings. The van der Waals surface area contributed by atoms with Crippen molar-refractivity contribution in [2.45, 2.75) is 26.2 Å². The molecule has 1 aliphatic rings. The first-order chi connectivity index (χ1) is 14.2. The largest absolute Gasteiger partial charge is 0.384 e. The highest BCUT2D eigenvalue weighted by atomic mass is 16.7. The van der Waals surface area contributed by atoms with Crippen LogP contribution in [0.3, 0.4) is 0 Å². The van der Waals surface area contributed by atoms with Crippen molar-refractivity contribution in [3.63, 3.8) is 0 Å². The summed E-state index contributed by atoms with van der Waals surface area (Å²) in [6.07, 6.45) is 6.02. The molecule has 29 heavy (non-hydrogen) atoms. The first kappa shape index (κ1) is 19.0. The molecule has 1 saturated heterocycles. The van der Waals surface area contributed by atoms with Gasteiger partial charge in [0.05, 0.1) is 18.0 Å². The van der Waals surface area contributed by atoms with Crippen molar-refractivity contribution in [1.29, 1.82) is 0 Å². The van der Waals surface area contributed by atoms with Gasteiger partial charge in [0.2, 0.25) is 0 Å². The number of aryl methyl sites for hydroxylation is 1. The van der Waals surface area contributed by atoms with Crippen LogP contribution in [0.5, 0.6) is 0 Å². The van der Waals surface area contributed by atoms with Crippen LogP contribution in [0.1, 0.15) is 35.8 Å². The molecule has 7 heteroatoms. The van der Waals surface area contributed by atoms with Crippen LogP contribution < -0.4 is 5.73 Å². The van der Waals surface area contributed by atoms with Gasteiger partial charge in [-0.2, -0.15) is 0 Å². The molecular weight excluding hydrogens is 366 g/mol. The quantitative estimate of drug-likeness (QED) is 0.734. The predicted molar refractivity (Wildman–Crippen MR) is 111 cm³/mol. The summed E-state index contributed by atoms with van der Waals surface area (Å²) < 4.78 is 0. The molecule has 2 N–H and O–H groups in total. The molecule has 0 aliphatic carbocycles. The summed E-state index contributed by atoms with van der Waals surface area (Å²) in [6, 6.07) is 11.1. The molecule has 0 spiro atoms. The number of hydrogen-bond donors (Lipinski definition) is 1. The Bertz CT molecular complexity index is 997. The maximum atomic E-state index is 12.6. The topological polar surface area (TPSA) is 94.2 Å². The fourth-order valence-electron chi connectivity index (χ4n) is 3.44. The molecule has 0 bridgehead atoms. The Balaban J connectivity index is 1.69. The van der Waals surface area contributed by atoms with Gasteiger partial charge in [-0.3, -0.25) is 9.63 Å². The van der Waals surface area contributed by atoms with E-state index in [4.69, 9.17) is 10.6 Å². The van der Waals surface area contributed by atoms with E-state index in [-0.39, 0.29) is 5.91 Å². The van der Waals surface area contributed by atoms with E-state index in [0.717, 1.165) is 47.3 Å². The lowest BCUT2D eigenvalue weighted by molar-refractivity contribution is -0.144. The van der Waals surface area contributed by atoms with E-state index < -0.39 is 0 Å². The number of rotatable bonds is 4. The number of hydrogen-bond acceptors (Lipinski definition) is 6. The minimum atomic E-state index is -0.115. The van der Waals surface area contributed by atoms with Gasteiger partial charge in [-0.1, -0.05) is 19.1 Å². The Kier molecular flexibility index (Phi) is 5.48. The zero-order valence-corrected chi connectivity index (χ0v) is 16.3. The van der Waals surface area contributed by atoms with Gasteiger partial charge in [0, 0.05) is 35.0 Å². The Hall–Kier alpha value is -3.32. The molecule has 0 radical (unpaired) electrons. The van der Waals surface area contributed by atoms with Gasteiger partial charge < -0.3 is 5.73 Å². The van der Waals surface area contributed by atoms with E-state index >= 15 is 0 Å². The van der Waals surface area contributed by atoms with Crippen LogP contribution in [-0.4, -0.2) is 39.1 Å². The molecule has 4 rings (SSSR count). The number of nitrogens with zero attached hydrogens (tertiary/aromatic N) is 4. The Morgan fingerprint density at radius 1 is 1.07 bits per heavy atom. The van der Waals surface area contributed by atoms with Crippen molar-refractivity contribution in [2.75, 3.05) is 18.9 Å². The molecule has 3 heterocycles.